The highest BCUT2D eigenvalue weighted by atomic mass is 79.9. The Hall–Kier alpha value is -1.07. The molecule has 1 unspecified atom stereocenters. The molecule has 4 nitrogen and oxygen atoms in total. The number of hydrogen-bond donors (Lipinski definition) is 2. The number of carbonyl (C=O) groups is 1. The van der Waals surface area contributed by atoms with Gasteiger partial charge in [0.1, 0.15) is 0 Å². The predicted octanol–water partition coefficient (Wildman–Crippen LogP) is 3.13. The molecule has 2 N–H and O–H groups in total. The fourth-order valence-corrected chi connectivity index (χ4v) is 2.40. The number of benzene rings is 1. The van der Waals surface area contributed by atoms with Gasteiger partial charge in [-0.1, -0.05) is 15.9 Å². The third kappa shape index (κ3) is 3.46. The third-order valence-electron chi connectivity index (χ3n) is 3.01. The van der Waals surface area contributed by atoms with Crippen LogP contribution in [0.3, 0.4) is 0 Å². The zero-order valence-electron chi connectivity index (χ0n) is 9.99. The number of halogens is 1. The van der Waals surface area contributed by atoms with E-state index in [2.05, 4.69) is 21.2 Å². The van der Waals surface area contributed by atoms with Crippen molar-refractivity contribution in [1.29, 1.82) is 0 Å². The third-order valence-corrected chi connectivity index (χ3v) is 3.50. The molecule has 1 aliphatic heterocycles. The van der Waals surface area contributed by atoms with Gasteiger partial charge in [-0.25, -0.2) is 4.79 Å². The molecule has 0 aromatic heterocycles. The Morgan fingerprint density at radius 1 is 1.50 bits per heavy atom. The number of nitrogens with one attached hydrogen (secondary N) is 1. The molecule has 0 saturated carbocycles. The Balaban J connectivity index is 2.01. The van der Waals surface area contributed by atoms with Gasteiger partial charge in [0.25, 0.3) is 0 Å². The summed E-state index contributed by atoms with van der Waals surface area (Å²) in [4.78, 5) is 11.1. The lowest BCUT2D eigenvalue weighted by Gasteiger charge is -2.23. The van der Waals surface area contributed by atoms with E-state index < -0.39 is 5.97 Å². The number of carboxylic acid groups (broad SMARTS) is 1. The minimum atomic E-state index is -0.927. The number of rotatable bonds is 4. The Kier molecular flexibility index (Phi) is 4.60. The molecule has 1 saturated heterocycles. The molecule has 0 radical (unpaired) electrons. The normalized spacial score (nSPS) is 19.5. The minimum Gasteiger partial charge on any atom is -0.478 e. The molecule has 98 valence electrons. The van der Waals surface area contributed by atoms with E-state index in [1.165, 1.54) is 6.42 Å². The molecule has 0 amide bonds. The minimum absolute atomic E-state index is 0.184. The molecule has 0 aliphatic carbocycles. The first-order valence-electron chi connectivity index (χ1n) is 6.05. The molecule has 1 heterocycles. The first kappa shape index (κ1) is 13.4. The second-order valence-corrected chi connectivity index (χ2v) is 5.28. The van der Waals surface area contributed by atoms with Crippen molar-refractivity contribution in [2.75, 3.05) is 18.5 Å². The smallest absolute Gasteiger partial charge is 0.337 e. The molecule has 18 heavy (non-hydrogen) atoms. The van der Waals surface area contributed by atoms with Gasteiger partial charge in [-0.05, 0) is 37.5 Å². The number of ether oxygens (including phenoxy) is 1. The quantitative estimate of drug-likeness (QED) is 0.896. The lowest BCUT2D eigenvalue weighted by atomic mass is 10.1. The summed E-state index contributed by atoms with van der Waals surface area (Å²) in [6.45, 7) is 1.46. The Morgan fingerprint density at radius 3 is 3.00 bits per heavy atom. The standard InChI is InChI=1S/C13H16BrNO3/c14-9-4-5-12(11(7-9)13(16)17)15-8-10-3-1-2-6-18-10/h4-5,7,10,15H,1-3,6,8H2,(H,16,17). The molecule has 1 aliphatic rings. The lowest BCUT2D eigenvalue weighted by Crippen LogP contribution is -2.27. The Morgan fingerprint density at radius 2 is 2.33 bits per heavy atom. The Bertz CT molecular complexity index is 430. The van der Waals surface area contributed by atoms with Crippen LogP contribution in [0, 0.1) is 0 Å². The van der Waals surface area contributed by atoms with Crippen LogP contribution in [-0.4, -0.2) is 30.3 Å². The molecule has 1 aromatic carbocycles. The van der Waals surface area contributed by atoms with Gasteiger partial charge in [-0.2, -0.15) is 0 Å². The van der Waals surface area contributed by atoms with Gasteiger partial charge in [0.15, 0.2) is 0 Å². The van der Waals surface area contributed by atoms with Gasteiger partial charge < -0.3 is 15.2 Å². The van der Waals surface area contributed by atoms with E-state index in [0.29, 0.717) is 12.2 Å². The van der Waals surface area contributed by atoms with Crippen LogP contribution >= 0.6 is 15.9 Å². The highest BCUT2D eigenvalue weighted by Gasteiger charge is 2.15. The number of hydrogen-bond acceptors (Lipinski definition) is 3. The van der Waals surface area contributed by atoms with Gasteiger partial charge in [-0.15, -0.1) is 0 Å². The molecule has 1 atom stereocenters. The predicted molar refractivity (Wildman–Crippen MR) is 73.2 cm³/mol. The number of aromatic carboxylic acids is 1. The maximum absolute atomic E-state index is 11.1. The average molecular weight is 314 g/mol. The summed E-state index contributed by atoms with van der Waals surface area (Å²) in [6, 6.07) is 5.21. The van der Waals surface area contributed by atoms with Crippen LogP contribution < -0.4 is 5.32 Å². The lowest BCUT2D eigenvalue weighted by molar-refractivity contribution is 0.0247. The van der Waals surface area contributed by atoms with Crippen molar-refractivity contribution >= 4 is 27.6 Å². The first-order valence-corrected chi connectivity index (χ1v) is 6.84. The van der Waals surface area contributed by atoms with Crippen LogP contribution in [0.2, 0.25) is 0 Å². The highest BCUT2D eigenvalue weighted by molar-refractivity contribution is 9.10. The summed E-state index contributed by atoms with van der Waals surface area (Å²) in [5.41, 5.74) is 0.917. The van der Waals surface area contributed by atoms with Crippen molar-refractivity contribution in [1.82, 2.24) is 0 Å². The zero-order valence-corrected chi connectivity index (χ0v) is 11.6. The summed E-state index contributed by atoms with van der Waals surface area (Å²) in [6.07, 6.45) is 3.52. The van der Waals surface area contributed by atoms with Crippen molar-refractivity contribution in [3.05, 3.63) is 28.2 Å². The fraction of sp³-hybridized carbons (Fsp3) is 0.462. The molecule has 1 aromatic rings. The van der Waals surface area contributed by atoms with Crippen molar-refractivity contribution in [2.24, 2.45) is 0 Å². The van der Waals surface area contributed by atoms with E-state index in [1.54, 1.807) is 12.1 Å². The van der Waals surface area contributed by atoms with Crippen LogP contribution in [0.25, 0.3) is 0 Å². The first-order chi connectivity index (χ1) is 8.66. The van der Waals surface area contributed by atoms with Gasteiger partial charge in [0.2, 0.25) is 0 Å². The van der Waals surface area contributed by atoms with E-state index >= 15 is 0 Å². The molecular formula is C13H16BrNO3. The second-order valence-electron chi connectivity index (χ2n) is 4.36. The van der Waals surface area contributed by atoms with Crippen molar-refractivity contribution in [3.8, 4) is 0 Å². The van der Waals surface area contributed by atoms with Gasteiger partial charge >= 0.3 is 5.97 Å². The topological polar surface area (TPSA) is 58.6 Å². The Labute approximate surface area is 114 Å². The molecule has 5 heteroatoms. The van der Waals surface area contributed by atoms with Gasteiger partial charge in [0.05, 0.1) is 11.7 Å². The van der Waals surface area contributed by atoms with Crippen molar-refractivity contribution in [2.45, 2.75) is 25.4 Å². The van der Waals surface area contributed by atoms with E-state index in [-0.39, 0.29) is 11.7 Å². The summed E-state index contributed by atoms with van der Waals surface area (Å²) in [7, 11) is 0. The van der Waals surface area contributed by atoms with Gasteiger partial charge in [0, 0.05) is 23.3 Å². The van der Waals surface area contributed by atoms with Crippen LogP contribution in [0.1, 0.15) is 29.6 Å². The highest BCUT2D eigenvalue weighted by Crippen LogP contribution is 2.22. The van der Waals surface area contributed by atoms with Crippen LogP contribution in [-0.2, 0) is 4.74 Å². The SMILES string of the molecule is O=C(O)c1cc(Br)ccc1NCC1CCCCO1. The molecule has 1 fully saturated rings. The summed E-state index contributed by atoms with van der Waals surface area (Å²) in [5.74, 6) is -0.927. The summed E-state index contributed by atoms with van der Waals surface area (Å²) < 4.78 is 6.37. The maximum Gasteiger partial charge on any atom is 0.337 e. The monoisotopic (exact) mass is 313 g/mol. The number of carboxylic acids is 1. The fourth-order valence-electron chi connectivity index (χ4n) is 2.04. The summed E-state index contributed by atoms with van der Waals surface area (Å²) in [5, 5.41) is 12.3. The average Bonchev–Trinajstić information content (AvgIpc) is 2.38. The van der Waals surface area contributed by atoms with E-state index in [4.69, 9.17) is 9.84 Å². The molecule has 0 bridgehead atoms. The maximum atomic E-state index is 11.1. The number of anilines is 1. The van der Waals surface area contributed by atoms with Crippen LogP contribution in [0.4, 0.5) is 5.69 Å². The van der Waals surface area contributed by atoms with Crippen molar-refractivity contribution < 1.29 is 14.6 Å². The van der Waals surface area contributed by atoms with E-state index in [0.717, 1.165) is 23.9 Å². The molecule has 2 rings (SSSR count). The second kappa shape index (κ2) is 6.20. The van der Waals surface area contributed by atoms with Crippen molar-refractivity contribution in [3.63, 3.8) is 0 Å². The summed E-state index contributed by atoms with van der Waals surface area (Å²) >= 11 is 3.28. The zero-order chi connectivity index (χ0) is 13.0. The van der Waals surface area contributed by atoms with Gasteiger partial charge in [-0.3, -0.25) is 0 Å². The van der Waals surface area contributed by atoms with Crippen LogP contribution in [0.5, 0.6) is 0 Å². The van der Waals surface area contributed by atoms with Crippen LogP contribution in [0.15, 0.2) is 22.7 Å². The molecular weight excluding hydrogens is 298 g/mol. The van der Waals surface area contributed by atoms with E-state index in [9.17, 15) is 4.79 Å². The largest absolute Gasteiger partial charge is 0.478 e. The molecule has 0 spiro atoms. The van der Waals surface area contributed by atoms with E-state index in [1.807, 2.05) is 6.07 Å².